The molecule has 2 aromatic rings. The van der Waals surface area contributed by atoms with Gasteiger partial charge in [-0.2, -0.15) is 0 Å². The summed E-state index contributed by atoms with van der Waals surface area (Å²) >= 11 is 1.96. The Morgan fingerprint density at radius 1 is 1.43 bits per heavy atom. The molecule has 0 bridgehead atoms. The van der Waals surface area contributed by atoms with Crippen LogP contribution in [0.4, 0.5) is 11.4 Å². The van der Waals surface area contributed by atoms with Crippen molar-refractivity contribution in [3.05, 3.63) is 50.2 Å². The number of hydrogen-bond acceptors (Lipinski definition) is 4. The zero-order valence-electron chi connectivity index (χ0n) is 11.5. The molecule has 2 rings (SSSR count). The molecule has 0 aliphatic rings. The zero-order valence-corrected chi connectivity index (χ0v) is 13.6. The van der Waals surface area contributed by atoms with Crippen molar-refractivity contribution in [2.24, 2.45) is 0 Å². The third-order valence-electron chi connectivity index (χ3n) is 2.97. The van der Waals surface area contributed by atoms with Crippen LogP contribution in [0.15, 0.2) is 35.4 Å². The van der Waals surface area contributed by atoms with Gasteiger partial charge in [-0.1, -0.05) is 12.1 Å². The number of carbonyl (C=O) groups is 1. The number of aromatic nitrogens is 2. The average Bonchev–Trinajstić information content (AvgIpc) is 2.46. The van der Waals surface area contributed by atoms with Gasteiger partial charge < -0.3 is 11.1 Å². The van der Waals surface area contributed by atoms with Crippen LogP contribution in [0.1, 0.15) is 12.1 Å². The van der Waals surface area contributed by atoms with E-state index in [1.807, 2.05) is 22.6 Å². The van der Waals surface area contributed by atoms with Crippen LogP contribution in [0, 0.1) is 10.5 Å². The molecule has 0 radical (unpaired) electrons. The van der Waals surface area contributed by atoms with Crippen LogP contribution >= 0.6 is 22.6 Å². The summed E-state index contributed by atoms with van der Waals surface area (Å²) in [5, 5.41) is 2.72. The molecule has 3 N–H and O–H groups in total. The summed E-state index contributed by atoms with van der Waals surface area (Å²) in [5.41, 5.74) is 7.40. The highest BCUT2D eigenvalue weighted by atomic mass is 127. The first kappa shape index (κ1) is 15.5. The Morgan fingerprint density at radius 3 is 2.86 bits per heavy atom. The molecule has 21 heavy (non-hydrogen) atoms. The van der Waals surface area contributed by atoms with E-state index < -0.39 is 0 Å². The Hall–Kier alpha value is -1.90. The zero-order chi connectivity index (χ0) is 15.4. The van der Waals surface area contributed by atoms with Crippen molar-refractivity contribution >= 4 is 39.9 Å². The first-order valence-electron chi connectivity index (χ1n) is 6.35. The number of nitrogens with one attached hydrogen (secondary N) is 1. The van der Waals surface area contributed by atoms with Gasteiger partial charge in [0.05, 0.1) is 27.0 Å². The van der Waals surface area contributed by atoms with Crippen molar-refractivity contribution in [1.29, 1.82) is 0 Å². The van der Waals surface area contributed by atoms with Gasteiger partial charge in [0, 0.05) is 13.0 Å². The highest BCUT2D eigenvalue weighted by Crippen LogP contribution is 2.16. The SMILES string of the molecule is Cc1ncn(CCC(=O)Nc2ccccc2N)c(=O)c1I. The fraction of sp³-hybridized carbons (Fsp3) is 0.214. The quantitative estimate of drug-likeness (QED) is 0.607. The van der Waals surface area contributed by atoms with Gasteiger partial charge in [0.1, 0.15) is 0 Å². The smallest absolute Gasteiger partial charge is 0.267 e. The van der Waals surface area contributed by atoms with E-state index in [1.165, 1.54) is 10.9 Å². The van der Waals surface area contributed by atoms with Crippen LogP contribution in [0.2, 0.25) is 0 Å². The van der Waals surface area contributed by atoms with Gasteiger partial charge in [-0.25, -0.2) is 4.98 Å². The second kappa shape index (κ2) is 6.70. The third-order valence-corrected chi connectivity index (χ3v) is 4.21. The molecule has 0 aliphatic heterocycles. The van der Waals surface area contributed by atoms with E-state index in [2.05, 4.69) is 10.3 Å². The van der Waals surface area contributed by atoms with Gasteiger partial charge in [0.2, 0.25) is 5.91 Å². The minimum absolute atomic E-state index is 0.130. The maximum atomic E-state index is 12.0. The van der Waals surface area contributed by atoms with Gasteiger partial charge in [-0.3, -0.25) is 14.2 Å². The molecular formula is C14H15IN4O2. The lowest BCUT2D eigenvalue weighted by molar-refractivity contribution is -0.116. The monoisotopic (exact) mass is 398 g/mol. The maximum absolute atomic E-state index is 12.0. The highest BCUT2D eigenvalue weighted by Gasteiger charge is 2.08. The second-order valence-electron chi connectivity index (χ2n) is 4.53. The molecule has 0 saturated heterocycles. The summed E-state index contributed by atoms with van der Waals surface area (Å²) in [6.07, 6.45) is 1.64. The minimum Gasteiger partial charge on any atom is -0.397 e. The first-order chi connectivity index (χ1) is 9.99. The normalized spacial score (nSPS) is 10.4. The Bertz CT molecular complexity index is 727. The molecule has 6 nitrogen and oxygen atoms in total. The van der Waals surface area contributed by atoms with Crippen LogP contribution in [-0.4, -0.2) is 15.5 Å². The maximum Gasteiger partial charge on any atom is 0.267 e. The Labute approximate surface area is 135 Å². The number of carbonyl (C=O) groups excluding carboxylic acids is 1. The number of hydrogen-bond donors (Lipinski definition) is 2. The molecule has 0 atom stereocenters. The average molecular weight is 398 g/mol. The van der Waals surface area contributed by atoms with Crippen LogP contribution in [0.25, 0.3) is 0 Å². The largest absolute Gasteiger partial charge is 0.397 e. The lowest BCUT2D eigenvalue weighted by Crippen LogP contribution is -2.26. The molecule has 7 heteroatoms. The van der Waals surface area contributed by atoms with Gasteiger partial charge in [0.15, 0.2) is 0 Å². The van der Waals surface area contributed by atoms with E-state index in [9.17, 15) is 9.59 Å². The molecule has 1 aromatic heterocycles. The Morgan fingerprint density at radius 2 is 2.14 bits per heavy atom. The molecule has 1 heterocycles. The Balaban J connectivity index is 2.01. The van der Waals surface area contributed by atoms with Crippen LogP contribution in [-0.2, 0) is 11.3 Å². The molecule has 0 unspecified atom stereocenters. The number of nitrogens with two attached hydrogens (primary N) is 1. The lowest BCUT2D eigenvalue weighted by Gasteiger charge is -2.09. The third kappa shape index (κ3) is 3.81. The number of nitrogens with zero attached hydrogens (tertiary/aromatic N) is 2. The van der Waals surface area contributed by atoms with Crippen molar-refractivity contribution in [3.8, 4) is 0 Å². The van der Waals surface area contributed by atoms with Crippen LogP contribution in [0.5, 0.6) is 0 Å². The number of amides is 1. The number of para-hydroxylation sites is 2. The summed E-state index contributed by atoms with van der Waals surface area (Å²) in [5.74, 6) is -0.199. The van der Waals surface area contributed by atoms with Crippen molar-refractivity contribution in [3.63, 3.8) is 0 Å². The van der Waals surface area contributed by atoms with Crippen molar-refractivity contribution in [2.45, 2.75) is 19.9 Å². The number of aryl methyl sites for hydroxylation is 2. The van der Waals surface area contributed by atoms with Gasteiger partial charge in [-0.15, -0.1) is 0 Å². The van der Waals surface area contributed by atoms with Crippen molar-refractivity contribution < 1.29 is 4.79 Å². The fourth-order valence-electron chi connectivity index (χ4n) is 1.75. The van der Waals surface area contributed by atoms with Crippen molar-refractivity contribution in [2.75, 3.05) is 11.1 Å². The Kier molecular flexibility index (Phi) is 4.94. The molecule has 1 aromatic carbocycles. The number of benzene rings is 1. The summed E-state index contributed by atoms with van der Waals surface area (Å²) in [4.78, 5) is 28.0. The summed E-state index contributed by atoms with van der Waals surface area (Å²) < 4.78 is 2.01. The van der Waals surface area contributed by atoms with Gasteiger partial charge in [0.25, 0.3) is 5.56 Å². The molecule has 0 fully saturated rings. The van der Waals surface area contributed by atoms with E-state index >= 15 is 0 Å². The molecule has 1 amide bonds. The number of nitrogen functional groups attached to an aromatic ring is 1. The lowest BCUT2D eigenvalue weighted by atomic mass is 10.2. The van der Waals surface area contributed by atoms with Crippen molar-refractivity contribution in [1.82, 2.24) is 9.55 Å². The summed E-state index contributed by atoms with van der Waals surface area (Å²) in [6.45, 7) is 2.05. The predicted octanol–water partition coefficient (Wildman–Crippen LogP) is 1.77. The first-order valence-corrected chi connectivity index (χ1v) is 7.43. The molecular weight excluding hydrogens is 383 g/mol. The van der Waals surface area contributed by atoms with E-state index in [1.54, 1.807) is 31.2 Å². The summed E-state index contributed by atoms with van der Waals surface area (Å²) in [6, 6.07) is 7.04. The standard InChI is InChI=1S/C14H15IN4O2/c1-9-13(15)14(21)19(8-17-9)7-6-12(20)18-11-5-3-2-4-10(11)16/h2-5,8H,6-7,16H2,1H3,(H,18,20). The number of halogens is 1. The molecule has 0 saturated carbocycles. The minimum atomic E-state index is -0.199. The highest BCUT2D eigenvalue weighted by molar-refractivity contribution is 14.1. The van der Waals surface area contributed by atoms with E-state index in [0.717, 1.165) is 0 Å². The molecule has 0 aliphatic carbocycles. The fourth-order valence-corrected chi connectivity index (χ4v) is 2.20. The van der Waals surface area contributed by atoms with E-state index in [-0.39, 0.29) is 24.4 Å². The van der Waals surface area contributed by atoms with E-state index in [4.69, 9.17) is 5.73 Å². The van der Waals surface area contributed by atoms with Crippen LogP contribution in [0.3, 0.4) is 0 Å². The topological polar surface area (TPSA) is 90.0 Å². The van der Waals surface area contributed by atoms with E-state index in [0.29, 0.717) is 20.6 Å². The van der Waals surface area contributed by atoms with Gasteiger partial charge in [-0.05, 0) is 41.6 Å². The predicted molar refractivity (Wildman–Crippen MR) is 90.1 cm³/mol. The van der Waals surface area contributed by atoms with Gasteiger partial charge >= 0.3 is 0 Å². The number of anilines is 2. The molecule has 110 valence electrons. The second-order valence-corrected chi connectivity index (χ2v) is 5.61. The molecule has 0 spiro atoms. The number of rotatable bonds is 4. The van der Waals surface area contributed by atoms with Crippen LogP contribution < -0.4 is 16.6 Å². The summed E-state index contributed by atoms with van der Waals surface area (Å²) in [7, 11) is 0.